The number of hydrogen-bond acceptors (Lipinski definition) is 5. The van der Waals surface area contributed by atoms with E-state index in [0.29, 0.717) is 16.5 Å². The number of anilines is 1. The minimum absolute atomic E-state index is 0.117. The van der Waals surface area contributed by atoms with Crippen LogP contribution in [0.3, 0.4) is 0 Å². The van der Waals surface area contributed by atoms with Crippen molar-refractivity contribution in [2.75, 3.05) is 5.32 Å². The van der Waals surface area contributed by atoms with Gasteiger partial charge in [-0.3, -0.25) is 4.79 Å². The molecule has 0 bridgehead atoms. The molecular formula is C18H23N2O3S-. The summed E-state index contributed by atoms with van der Waals surface area (Å²) in [5.74, 6) is -0.833. The minimum Gasteiger partial charge on any atom is -0.550 e. The van der Waals surface area contributed by atoms with Crippen molar-refractivity contribution in [1.82, 2.24) is 0 Å². The van der Waals surface area contributed by atoms with Crippen molar-refractivity contribution < 1.29 is 14.7 Å². The molecule has 0 saturated carbocycles. The maximum Gasteiger partial charge on any atom is 0.225 e. The Hall–Kier alpha value is -1.87. The van der Waals surface area contributed by atoms with E-state index in [2.05, 4.69) is 32.2 Å². The Morgan fingerprint density at radius 3 is 2.67 bits per heavy atom. The first-order chi connectivity index (χ1) is 11.2. The summed E-state index contributed by atoms with van der Waals surface area (Å²) in [5, 5.41) is 23.3. The molecule has 0 aliphatic heterocycles. The predicted octanol–water partition coefficient (Wildman–Crippen LogP) is 2.63. The average molecular weight is 347 g/mol. The van der Waals surface area contributed by atoms with Gasteiger partial charge in [-0.25, -0.2) is 0 Å². The lowest BCUT2D eigenvalue weighted by atomic mass is 9.72. The van der Waals surface area contributed by atoms with Crippen molar-refractivity contribution in [2.24, 2.45) is 11.3 Å². The van der Waals surface area contributed by atoms with E-state index in [0.717, 1.165) is 24.8 Å². The summed E-state index contributed by atoms with van der Waals surface area (Å²) in [6.07, 6.45) is 3.10. The standard InChI is InChI=1S/C18H24N2O3S/c1-18(2,3)11-7-8-12-13(10-19)17(24-14(12)9-11)20-15(21)5-4-6-16(22)23/h11H,4-9H2,1-3H3,(H,20,21)(H,22,23)/p-1/t11-/m0/s1. The van der Waals surface area contributed by atoms with Gasteiger partial charge in [-0.05, 0) is 49.0 Å². The highest BCUT2D eigenvalue weighted by molar-refractivity contribution is 7.16. The van der Waals surface area contributed by atoms with Gasteiger partial charge < -0.3 is 15.2 Å². The third kappa shape index (κ3) is 4.35. The zero-order valence-electron chi connectivity index (χ0n) is 14.4. The van der Waals surface area contributed by atoms with Gasteiger partial charge in [0.1, 0.15) is 11.1 Å². The second-order valence-electron chi connectivity index (χ2n) is 7.40. The fourth-order valence-electron chi connectivity index (χ4n) is 3.11. The van der Waals surface area contributed by atoms with Gasteiger partial charge in [0.05, 0.1) is 5.56 Å². The molecule has 6 heteroatoms. The van der Waals surface area contributed by atoms with Crippen LogP contribution in [0.5, 0.6) is 0 Å². The van der Waals surface area contributed by atoms with Crippen molar-refractivity contribution in [2.45, 2.75) is 59.3 Å². The van der Waals surface area contributed by atoms with Crippen molar-refractivity contribution in [3.05, 3.63) is 16.0 Å². The Morgan fingerprint density at radius 2 is 2.08 bits per heavy atom. The molecule has 0 fully saturated rings. The second-order valence-corrected chi connectivity index (χ2v) is 8.50. The normalized spacial score (nSPS) is 17.0. The number of nitrogens with zero attached hydrogens (tertiary/aromatic N) is 1. The quantitative estimate of drug-likeness (QED) is 0.886. The summed E-state index contributed by atoms with van der Waals surface area (Å²) in [6, 6.07) is 2.23. The summed E-state index contributed by atoms with van der Waals surface area (Å²) in [7, 11) is 0. The van der Waals surface area contributed by atoms with E-state index in [9.17, 15) is 20.0 Å². The molecular weight excluding hydrogens is 324 g/mol. The number of hydrogen-bond donors (Lipinski definition) is 1. The van der Waals surface area contributed by atoms with Crippen molar-refractivity contribution in [3.63, 3.8) is 0 Å². The van der Waals surface area contributed by atoms with Crippen LogP contribution in [0.2, 0.25) is 0 Å². The minimum atomic E-state index is -1.15. The highest BCUT2D eigenvalue weighted by Crippen LogP contribution is 2.43. The van der Waals surface area contributed by atoms with Crippen LogP contribution in [-0.2, 0) is 22.4 Å². The zero-order valence-corrected chi connectivity index (χ0v) is 15.2. The van der Waals surface area contributed by atoms with Crippen LogP contribution in [0.1, 0.15) is 62.5 Å². The van der Waals surface area contributed by atoms with Gasteiger partial charge in [-0.15, -0.1) is 11.3 Å². The van der Waals surface area contributed by atoms with Gasteiger partial charge >= 0.3 is 0 Å². The number of amides is 1. The molecule has 1 heterocycles. The third-order valence-corrected chi connectivity index (χ3v) is 5.81. The van der Waals surface area contributed by atoms with Crippen LogP contribution in [0.25, 0.3) is 0 Å². The number of carboxylic acids is 1. The highest BCUT2D eigenvalue weighted by Gasteiger charge is 2.32. The van der Waals surface area contributed by atoms with Crippen molar-refractivity contribution in [3.8, 4) is 6.07 Å². The Labute approximate surface area is 146 Å². The molecule has 1 amide bonds. The topological polar surface area (TPSA) is 93.0 Å². The van der Waals surface area contributed by atoms with Gasteiger partial charge in [-0.2, -0.15) is 5.26 Å². The lowest BCUT2D eigenvalue weighted by molar-refractivity contribution is -0.305. The Kier molecular flexibility index (Phi) is 5.66. The van der Waals surface area contributed by atoms with E-state index in [1.807, 2.05) is 0 Å². The van der Waals surface area contributed by atoms with Gasteiger partial charge in [0, 0.05) is 17.3 Å². The van der Waals surface area contributed by atoms with E-state index in [-0.39, 0.29) is 30.6 Å². The van der Waals surface area contributed by atoms with Crippen LogP contribution in [0.15, 0.2) is 0 Å². The van der Waals surface area contributed by atoms with Crippen LogP contribution >= 0.6 is 11.3 Å². The molecule has 0 aromatic carbocycles. The number of fused-ring (bicyclic) bond motifs is 1. The van der Waals surface area contributed by atoms with Gasteiger partial charge in [0.15, 0.2) is 0 Å². The summed E-state index contributed by atoms with van der Waals surface area (Å²) in [4.78, 5) is 23.6. The first-order valence-corrected chi connectivity index (χ1v) is 9.08. The Balaban J connectivity index is 2.10. The maximum atomic E-state index is 12.0. The van der Waals surface area contributed by atoms with Gasteiger partial charge in [-0.1, -0.05) is 20.8 Å². The van der Waals surface area contributed by atoms with Gasteiger partial charge in [0.25, 0.3) is 0 Å². The summed E-state index contributed by atoms with van der Waals surface area (Å²) >= 11 is 1.49. The largest absolute Gasteiger partial charge is 0.550 e. The summed E-state index contributed by atoms with van der Waals surface area (Å²) < 4.78 is 0. The highest BCUT2D eigenvalue weighted by atomic mass is 32.1. The van der Waals surface area contributed by atoms with Crippen LogP contribution in [-0.4, -0.2) is 11.9 Å². The van der Waals surface area contributed by atoms with E-state index in [1.165, 1.54) is 16.2 Å². The molecule has 1 aromatic heterocycles. The van der Waals surface area contributed by atoms with E-state index >= 15 is 0 Å². The predicted molar refractivity (Wildman–Crippen MR) is 91.5 cm³/mol. The molecule has 24 heavy (non-hydrogen) atoms. The smallest absolute Gasteiger partial charge is 0.225 e. The third-order valence-electron chi connectivity index (χ3n) is 4.64. The fourth-order valence-corrected chi connectivity index (χ4v) is 4.41. The fraction of sp³-hybridized carbons (Fsp3) is 0.611. The molecule has 1 aromatic rings. The number of carbonyl (C=O) groups excluding carboxylic acids is 2. The van der Waals surface area contributed by atoms with Crippen LogP contribution < -0.4 is 10.4 Å². The lowest BCUT2D eigenvalue weighted by Crippen LogP contribution is -2.26. The molecule has 1 atom stereocenters. The number of rotatable bonds is 5. The summed E-state index contributed by atoms with van der Waals surface area (Å²) in [6.45, 7) is 6.71. The number of nitrogens with one attached hydrogen (secondary N) is 1. The monoisotopic (exact) mass is 347 g/mol. The second kappa shape index (κ2) is 7.35. The first-order valence-electron chi connectivity index (χ1n) is 8.26. The van der Waals surface area contributed by atoms with E-state index in [4.69, 9.17) is 0 Å². The Bertz CT molecular complexity index is 680. The Morgan fingerprint density at radius 1 is 1.38 bits per heavy atom. The molecule has 2 rings (SSSR count). The van der Waals surface area contributed by atoms with Crippen molar-refractivity contribution >= 4 is 28.2 Å². The number of nitriles is 1. The van der Waals surface area contributed by atoms with E-state index in [1.54, 1.807) is 0 Å². The summed E-state index contributed by atoms with van der Waals surface area (Å²) in [5.41, 5.74) is 1.88. The molecule has 0 saturated heterocycles. The molecule has 0 unspecified atom stereocenters. The van der Waals surface area contributed by atoms with Gasteiger partial charge in [0.2, 0.25) is 5.91 Å². The molecule has 5 nitrogen and oxygen atoms in total. The van der Waals surface area contributed by atoms with Crippen LogP contribution in [0.4, 0.5) is 5.00 Å². The number of carbonyl (C=O) groups is 2. The maximum absolute atomic E-state index is 12.0. The zero-order chi connectivity index (χ0) is 17.9. The SMILES string of the molecule is CC(C)(C)[C@H]1CCc2c(sc(NC(=O)CCCC(=O)[O-])c2C#N)C1. The molecule has 130 valence electrons. The lowest BCUT2D eigenvalue weighted by Gasteiger charge is -2.33. The van der Waals surface area contributed by atoms with E-state index < -0.39 is 5.97 Å². The molecule has 1 aliphatic carbocycles. The molecule has 1 N–H and O–H groups in total. The van der Waals surface area contributed by atoms with Crippen LogP contribution in [0, 0.1) is 22.7 Å². The number of carboxylic acid groups (broad SMARTS) is 1. The van der Waals surface area contributed by atoms with Crippen molar-refractivity contribution in [1.29, 1.82) is 5.26 Å². The molecule has 0 spiro atoms. The number of thiophene rings is 1. The first kappa shape index (κ1) is 18.5. The average Bonchev–Trinajstić information content (AvgIpc) is 2.81. The number of aliphatic carboxylic acids is 1. The molecule has 0 radical (unpaired) electrons. The molecule has 1 aliphatic rings.